The van der Waals surface area contributed by atoms with Gasteiger partial charge in [-0.3, -0.25) is 0 Å². The summed E-state index contributed by atoms with van der Waals surface area (Å²) in [6, 6.07) is 1.40. The Morgan fingerprint density at radius 2 is 2.33 bits per heavy atom. The lowest BCUT2D eigenvalue weighted by atomic mass is 10.3. The van der Waals surface area contributed by atoms with E-state index >= 15 is 0 Å². The van der Waals surface area contributed by atoms with Gasteiger partial charge in [0, 0.05) is 0 Å². The van der Waals surface area contributed by atoms with Crippen LogP contribution in [0.2, 0.25) is 0 Å². The predicted octanol–water partition coefficient (Wildman–Crippen LogP) is 1.82. The van der Waals surface area contributed by atoms with Crippen molar-refractivity contribution >= 4 is 12.6 Å². The Kier molecular flexibility index (Phi) is 1.71. The van der Waals surface area contributed by atoms with Gasteiger partial charge in [0.15, 0.2) is 0 Å². The van der Waals surface area contributed by atoms with Gasteiger partial charge in [0.1, 0.15) is 5.82 Å². The average Bonchev–Trinajstić information content (AvgIpc) is 1.80. The van der Waals surface area contributed by atoms with Crippen LogP contribution in [0.5, 0.6) is 0 Å². The molecular formula is C6H6FNS. The highest BCUT2D eigenvalue weighted by Gasteiger charge is 1.94. The van der Waals surface area contributed by atoms with Gasteiger partial charge in [-0.2, -0.15) is 0 Å². The van der Waals surface area contributed by atoms with E-state index in [0.29, 0.717) is 5.03 Å². The maximum atomic E-state index is 12.3. The van der Waals surface area contributed by atoms with E-state index in [9.17, 15) is 4.39 Å². The van der Waals surface area contributed by atoms with Gasteiger partial charge < -0.3 is 0 Å². The topological polar surface area (TPSA) is 12.9 Å². The Morgan fingerprint density at radius 3 is 2.78 bits per heavy atom. The molecule has 1 heterocycles. The molecule has 0 aromatic carbocycles. The number of halogens is 1. The second-order valence-corrected chi connectivity index (χ2v) is 2.22. The van der Waals surface area contributed by atoms with Crippen molar-refractivity contribution in [1.82, 2.24) is 4.98 Å². The third-order valence-corrected chi connectivity index (χ3v) is 1.49. The zero-order valence-corrected chi connectivity index (χ0v) is 5.82. The molecule has 48 valence electrons. The molecular weight excluding hydrogens is 137 g/mol. The molecule has 0 fully saturated rings. The first-order valence-electron chi connectivity index (χ1n) is 2.51. The summed E-state index contributed by atoms with van der Waals surface area (Å²) in [5.41, 5.74) is 0.762. The van der Waals surface area contributed by atoms with Crippen molar-refractivity contribution in [2.75, 3.05) is 0 Å². The number of pyridine rings is 1. The lowest BCUT2D eigenvalue weighted by molar-refractivity contribution is 0.616. The molecule has 0 radical (unpaired) electrons. The molecule has 0 aliphatic rings. The molecule has 1 rings (SSSR count). The van der Waals surface area contributed by atoms with E-state index < -0.39 is 0 Å². The highest BCUT2D eigenvalue weighted by molar-refractivity contribution is 7.80. The van der Waals surface area contributed by atoms with E-state index in [4.69, 9.17) is 0 Å². The number of aromatic nitrogens is 1. The summed E-state index contributed by atoms with van der Waals surface area (Å²) >= 11 is 3.97. The first-order valence-corrected chi connectivity index (χ1v) is 2.96. The maximum absolute atomic E-state index is 12.3. The third kappa shape index (κ3) is 1.42. The second kappa shape index (κ2) is 2.35. The highest BCUT2D eigenvalue weighted by Crippen LogP contribution is 2.08. The van der Waals surface area contributed by atoms with Gasteiger partial charge in [-0.1, -0.05) is 0 Å². The van der Waals surface area contributed by atoms with Crippen molar-refractivity contribution in [2.45, 2.75) is 11.9 Å². The second-order valence-electron chi connectivity index (χ2n) is 1.79. The van der Waals surface area contributed by atoms with Crippen LogP contribution in [0.1, 0.15) is 5.56 Å². The van der Waals surface area contributed by atoms with E-state index in [1.807, 2.05) is 0 Å². The van der Waals surface area contributed by atoms with Crippen molar-refractivity contribution in [3.05, 3.63) is 23.6 Å². The molecule has 9 heavy (non-hydrogen) atoms. The molecule has 0 bridgehead atoms. The van der Waals surface area contributed by atoms with Gasteiger partial charge >= 0.3 is 0 Å². The monoisotopic (exact) mass is 143 g/mol. The fourth-order valence-electron chi connectivity index (χ4n) is 0.533. The summed E-state index contributed by atoms with van der Waals surface area (Å²) in [6.45, 7) is 1.76. The Morgan fingerprint density at radius 1 is 1.67 bits per heavy atom. The first-order chi connectivity index (χ1) is 4.20. The summed E-state index contributed by atoms with van der Waals surface area (Å²) in [5, 5.41) is 0.580. The van der Waals surface area contributed by atoms with Gasteiger partial charge in [-0.15, -0.1) is 12.6 Å². The summed E-state index contributed by atoms with van der Waals surface area (Å²) in [6.07, 6.45) is 1.15. The van der Waals surface area contributed by atoms with Crippen LogP contribution in [-0.4, -0.2) is 4.98 Å². The van der Waals surface area contributed by atoms with Crippen LogP contribution >= 0.6 is 12.6 Å². The van der Waals surface area contributed by atoms with Crippen LogP contribution in [0.25, 0.3) is 0 Å². The minimum atomic E-state index is -0.315. The Bertz CT molecular complexity index is 224. The van der Waals surface area contributed by atoms with Crippen LogP contribution in [0.3, 0.4) is 0 Å². The Balaban J connectivity index is 3.17. The van der Waals surface area contributed by atoms with E-state index in [2.05, 4.69) is 17.6 Å². The molecule has 0 aliphatic heterocycles. The largest absolute Gasteiger partial charge is 0.247 e. The zero-order valence-electron chi connectivity index (χ0n) is 4.93. The summed E-state index contributed by atoms with van der Waals surface area (Å²) in [7, 11) is 0. The van der Waals surface area contributed by atoms with Crippen molar-refractivity contribution in [3.63, 3.8) is 0 Å². The van der Waals surface area contributed by atoms with E-state index in [-0.39, 0.29) is 5.82 Å². The molecule has 0 amide bonds. The molecule has 0 N–H and O–H groups in total. The predicted molar refractivity (Wildman–Crippen MR) is 36.2 cm³/mol. The average molecular weight is 143 g/mol. The van der Waals surface area contributed by atoms with Gasteiger partial charge in [-0.05, 0) is 18.6 Å². The van der Waals surface area contributed by atoms with Crippen LogP contribution < -0.4 is 0 Å². The Labute approximate surface area is 58.3 Å². The molecule has 0 unspecified atom stereocenters. The molecule has 1 nitrogen and oxygen atoms in total. The molecule has 0 spiro atoms. The van der Waals surface area contributed by atoms with Crippen LogP contribution in [0.4, 0.5) is 4.39 Å². The molecule has 1 aromatic heterocycles. The standard InChI is InChI=1S/C6H6FNS/c1-4-2-5(7)3-8-6(4)9/h2-3H,1H3,(H,8,9). The molecule has 1 aromatic rings. The molecule has 0 atom stereocenters. The van der Waals surface area contributed by atoms with Crippen molar-refractivity contribution in [3.8, 4) is 0 Å². The van der Waals surface area contributed by atoms with Gasteiger partial charge in [0.05, 0.1) is 11.2 Å². The van der Waals surface area contributed by atoms with Gasteiger partial charge in [0.25, 0.3) is 0 Å². The smallest absolute Gasteiger partial charge is 0.141 e. The number of thiol groups is 1. The van der Waals surface area contributed by atoms with Crippen LogP contribution in [0.15, 0.2) is 17.3 Å². The number of hydrogen-bond donors (Lipinski definition) is 1. The molecule has 0 aliphatic carbocycles. The van der Waals surface area contributed by atoms with E-state index in [0.717, 1.165) is 11.8 Å². The highest BCUT2D eigenvalue weighted by atomic mass is 32.1. The van der Waals surface area contributed by atoms with Crippen molar-refractivity contribution in [2.24, 2.45) is 0 Å². The normalized spacial score (nSPS) is 9.67. The SMILES string of the molecule is Cc1cc(F)cnc1S. The summed E-state index contributed by atoms with van der Waals surface area (Å²) < 4.78 is 12.3. The third-order valence-electron chi connectivity index (χ3n) is 1.02. The zero-order chi connectivity index (χ0) is 6.85. The number of aryl methyl sites for hydroxylation is 1. The number of nitrogens with zero attached hydrogens (tertiary/aromatic N) is 1. The molecule has 3 heteroatoms. The maximum Gasteiger partial charge on any atom is 0.141 e. The van der Waals surface area contributed by atoms with Crippen LogP contribution in [0, 0.1) is 12.7 Å². The van der Waals surface area contributed by atoms with Gasteiger partial charge in [-0.25, -0.2) is 9.37 Å². The van der Waals surface area contributed by atoms with E-state index in [1.165, 1.54) is 6.07 Å². The number of hydrogen-bond acceptors (Lipinski definition) is 2. The number of rotatable bonds is 0. The minimum absolute atomic E-state index is 0.315. The lowest BCUT2D eigenvalue weighted by Gasteiger charge is -1.94. The fraction of sp³-hybridized carbons (Fsp3) is 0.167. The summed E-state index contributed by atoms with van der Waals surface area (Å²) in [5.74, 6) is -0.315. The lowest BCUT2D eigenvalue weighted by Crippen LogP contribution is -1.83. The van der Waals surface area contributed by atoms with Crippen molar-refractivity contribution in [1.29, 1.82) is 0 Å². The van der Waals surface area contributed by atoms with Crippen LogP contribution in [-0.2, 0) is 0 Å². The molecule has 0 saturated carbocycles. The summed E-state index contributed by atoms with van der Waals surface area (Å²) in [4.78, 5) is 3.67. The van der Waals surface area contributed by atoms with Crippen molar-refractivity contribution < 1.29 is 4.39 Å². The Hall–Kier alpha value is -0.570. The van der Waals surface area contributed by atoms with Gasteiger partial charge in [0.2, 0.25) is 0 Å². The first kappa shape index (κ1) is 6.55. The van der Waals surface area contributed by atoms with E-state index in [1.54, 1.807) is 6.92 Å². The molecule has 0 saturated heterocycles. The minimum Gasteiger partial charge on any atom is -0.247 e. The quantitative estimate of drug-likeness (QED) is 0.546. The fourth-order valence-corrected chi connectivity index (χ4v) is 0.656.